The van der Waals surface area contributed by atoms with Crippen molar-refractivity contribution in [2.45, 2.75) is 26.1 Å². The van der Waals surface area contributed by atoms with E-state index in [-0.39, 0.29) is 57.3 Å². The van der Waals surface area contributed by atoms with E-state index in [1.807, 2.05) is 0 Å². The minimum absolute atomic E-state index is 0.147. The number of nitrogens with one attached hydrogen (secondary N) is 5. The van der Waals surface area contributed by atoms with E-state index in [0.717, 1.165) is 0 Å². The SMILES string of the molecule is CNC(=O)OCc1cc(C(=O)NCCCNCCCNC(=O)c2ccc(N([O-])O)c(COC(=O)NC)c2)ccc1N([O-])O. The van der Waals surface area contributed by atoms with E-state index in [1.165, 1.54) is 50.5 Å². The lowest BCUT2D eigenvalue weighted by Gasteiger charge is -2.25. The van der Waals surface area contributed by atoms with Gasteiger partial charge >= 0.3 is 12.2 Å². The summed E-state index contributed by atoms with van der Waals surface area (Å²) in [6.45, 7) is 1.20. The number of benzene rings is 2. The summed E-state index contributed by atoms with van der Waals surface area (Å²) in [7, 11) is 2.73. The Morgan fingerprint density at radius 3 is 1.44 bits per heavy atom. The van der Waals surface area contributed by atoms with Gasteiger partial charge in [0.1, 0.15) is 13.2 Å². The minimum Gasteiger partial charge on any atom is -0.733 e. The van der Waals surface area contributed by atoms with Crippen molar-refractivity contribution in [1.29, 1.82) is 0 Å². The maximum absolute atomic E-state index is 12.5. The van der Waals surface area contributed by atoms with Gasteiger partial charge in [-0.15, -0.1) is 0 Å². The molecule has 0 spiro atoms. The highest BCUT2D eigenvalue weighted by Gasteiger charge is 2.13. The van der Waals surface area contributed by atoms with Gasteiger partial charge in [-0.3, -0.25) is 20.0 Å². The van der Waals surface area contributed by atoms with Gasteiger partial charge < -0.3 is 56.9 Å². The monoisotopic (exact) mass is 605 g/mol. The zero-order valence-corrected chi connectivity index (χ0v) is 23.7. The number of anilines is 2. The van der Waals surface area contributed by atoms with E-state index in [2.05, 4.69) is 26.6 Å². The van der Waals surface area contributed by atoms with Gasteiger partial charge in [-0.05, 0) is 62.3 Å². The van der Waals surface area contributed by atoms with E-state index in [4.69, 9.17) is 9.47 Å². The van der Waals surface area contributed by atoms with E-state index < -0.39 is 24.0 Å². The number of carbonyl (C=O) groups excluding carboxylic acids is 4. The number of rotatable bonds is 16. The van der Waals surface area contributed by atoms with Crippen LogP contribution in [0.15, 0.2) is 36.4 Å². The summed E-state index contributed by atoms with van der Waals surface area (Å²) in [5.41, 5.74) is 0.407. The lowest BCUT2D eigenvalue weighted by molar-refractivity contribution is 0.0945. The fourth-order valence-electron chi connectivity index (χ4n) is 3.65. The predicted molar refractivity (Wildman–Crippen MR) is 153 cm³/mol. The van der Waals surface area contributed by atoms with Crippen LogP contribution in [0.1, 0.15) is 44.7 Å². The third-order valence-electron chi connectivity index (χ3n) is 5.85. The maximum Gasteiger partial charge on any atom is 0.407 e. The normalized spacial score (nSPS) is 10.4. The average molecular weight is 606 g/mol. The smallest absolute Gasteiger partial charge is 0.407 e. The van der Waals surface area contributed by atoms with Crippen LogP contribution in [0.3, 0.4) is 0 Å². The number of amides is 4. The van der Waals surface area contributed by atoms with Crippen LogP contribution < -0.4 is 37.0 Å². The predicted octanol–water partition coefficient (Wildman–Crippen LogP) is 1.32. The number of nitrogens with zero attached hydrogens (tertiary/aromatic N) is 2. The molecule has 7 N–H and O–H groups in total. The molecule has 0 atom stereocenters. The third kappa shape index (κ3) is 11.6. The molecule has 0 saturated heterocycles. The summed E-state index contributed by atoms with van der Waals surface area (Å²) >= 11 is 0. The molecule has 43 heavy (non-hydrogen) atoms. The molecule has 2 rings (SSSR count). The topological polar surface area (TPSA) is 240 Å². The maximum atomic E-state index is 12.5. The number of carbonyl (C=O) groups is 4. The third-order valence-corrected chi connectivity index (χ3v) is 5.85. The molecule has 0 radical (unpaired) electrons. The molecule has 0 aliphatic heterocycles. The Hall–Kier alpha value is -4.68. The largest absolute Gasteiger partial charge is 0.733 e. The zero-order valence-electron chi connectivity index (χ0n) is 23.7. The Balaban J connectivity index is 1.70. The molecule has 0 aliphatic carbocycles. The molecule has 0 fully saturated rings. The van der Waals surface area contributed by atoms with Gasteiger partial charge in [-0.1, -0.05) is 0 Å². The second-order valence-corrected chi connectivity index (χ2v) is 8.85. The molecule has 2 aromatic rings. The Kier molecular flexibility index (Phi) is 14.4. The highest BCUT2D eigenvalue weighted by molar-refractivity contribution is 5.95. The van der Waals surface area contributed by atoms with Crippen LogP contribution in [0.4, 0.5) is 21.0 Å². The van der Waals surface area contributed by atoms with Gasteiger partial charge in [0.05, 0.1) is 11.4 Å². The van der Waals surface area contributed by atoms with Crippen molar-refractivity contribution in [3.05, 3.63) is 69.1 Å². The number of hydrogen-bond donors (Lipinski definition) is 7. The van der Waals surface area contributed by atoms with E-state index in [0.29, 0.717) is 39.0 Å². The summed E-state index contributed by atoms with van der Waals surface area (Å²) in [6, 6.07) is 7.91. The van der Waals surface area contributed by atoms with E-state index in [1.54, 1.807) is 0 Å². The van der Waals surface area contributed by atoms with Crippen molar-refractivity contribution in [2.75, 3.05) is 50.7 Å². The number of alkyl carbamates (subject to hydrolysis) is 2. The average Bonchev–Trinajstić information content (AvgIpc) is 3.00. The quantitative estimate of drug-likeness (QED) is 0.106. The summed E-state index contributed by atoms with van der Waals surface area (Å²) in [5, 5.41) is 53.6. The lowest BCUT2D eigenvalue weighted by atomic mass is 10.1. The molecule has 0 heterocycles. The molecule has 2 aromatic carbocycles. The van der Waals surface area contributed by atoms with Crippen LogP contribution in [0.5, 0.6) is 0 Å². The van der Waals surface area contributed by atoms with Crippen molar-refractivity contribution in [1.82, 2.24) is 26.6 Å². The van der Waals surface area contributed by atoms with Crippen molar-refractivity contribution >= 4 is 35.4 Å². The second kappa shape index (κ2) is 18.0. The first-order chi connectivity index (χ1) is 20.6. The molecule has 0 bridgehead atoms. The van der Waals surface area contributed by atoms with Crippen molar-refractivity contribution in [2.24, 2.45) is 0 Å². The van der Waals surface area contributed by atoms with E-state index in [9.17, 15) is 40.0 Å². The van der Waals surface area contributed by atoms with Gasteiger partial charge in [0.2, 0.25) is 0 Å². The zero-order chi connectivity index (χ0) is 31.8. The Morgan fingerprint density at radius 2 is 1.09 bits per heavy atom. The number of hydrogen-bond acceptors (Lipinski definition) is 13. The highest BCUT2D eigenvalue weighted by Crippen LogP contribution is 2.23. The van der Waals surface area contributed by atoms with Crippen LogP contribution in [0.2, 0.25) is 0 Å². The minimum atomic E-state index is -0.738. The molecular weight excluding hydrogens is 570 g/mol. The van der Waals surface area contributed by atoms with Gasteiger partial charge in [-0.25, -0.2) is 9.59 Å². The summed E-state index contributed by atoms with van der Waals surface area (Å²) in [5.74, 6) is -0.826. The molecule has 17 nitrogen and oxygen atoms in total. The Morgan fingerprint density at radius 1 is 0.698 bits per heavy atom. The molecule has 236 valence electrons. The first kappa shape index (κ1) is 34.5. The standard InChI is InChI=1S/C26H35N7O10/c1-27-25(36)42-15-19-13-17(5-7-21(19)32(38)39)23(34)30-11-3-9-29-10-4-12-31-24(35)18-6-8-22(33(40)41)20(14-18)16-43-26(37)28-2/h5-8,13-14,29,38,40H,3-4,9-12,15-16H2,1-2H3,(H,27,36)(H,28,37)(H,30,34)(H,31,35)/q-2. The molecule has 4 amide bonds. The first-order valence-electron chi connectivity index (χ1n) is 13.1. The Labute approximate surface area is 247 Å². The molecule has 17 heteroatoms. The highest BCUT2D eigenvalue weighted by atomic mass is 16.8. The summed E-state index contributed by atoms with van der Waals surface area (Å²) < 4.78 is 9.80. The van der Waals surface area contributed by atoms with Crippen LogP contribution in [0, 0.1) is 10.4 Å². The van der Waals surface area contributed by atoms with E-state index >= 15 is 0 Å². The van der Waals surface area contributed by atoms with Crippen molar-refractivity contribution in [3.63, 3.8) is 0 Å². The first-order valence-corrected chi connectivity index (χ1v) is 13.1. The van der Waals surface area contributed by atoms with Crippen molar-refractivity contribution in [3.8, 4) is 0 Å². The van der Waals surface area contributed by atoms with Crippen molar-refractivity contribution < 1.29 is 39.1 Å². The molecule has 0 aromatic heterocycles. The molecular formula is C26H35N7O10-2. The lowest BCUT2D eigenvalue weighted by Crippen LogP contribution is -2.30. The van der Waals surface area contributed by atoms with Gasteiger partial charge in [-0.2, -0.15) is 0 Å². The van der Waals surface area contributed by atoms with Crippen LogP contribution in [0.25, 0.3) is 0 Å². The van der Waals surface area contributed by atoms with Gasteiger partial charge in [0, 0.05) is 49.4 Å². The number of ether oxygens (including phenoxy) is 2. The molecule has 0 saturated carbocycles. The van der Waals surface area contributed by atoms with Gasteiger partial charge in [0.25, 0.3) is 11.8 Å². The van der Waals surface area contributed by atoms with Crippen LogP contribution >= 0.6 is 0 Å². The fraction of sp³-hybridized carbons (Fsp3) is 0.385. The summed E-state index contributed by atoms with van der Waals surface area (Å²) in [6.07, 6.45) is -0.277. The van der Waals surface area contributed by atoms with Crippen LogP contribution in [-0.2, 0) is 22.7 Å². The second-order valence-electron chi connectivity index (χ2n) is 8.85. The van der Waals surface area contributed by atoms with Gasteiger partial charge in [0.15, 0.2) is 0 Å². The summed E-state index contributed by atoms with van der Waals surface area (Å²) in [4.78, 5) is 47.6. The fourth-order valence-corrected chi connectivity index (χ4v) is 3.65. The molecule has 0 aliphatic rings. The Bertz CT molecular complexity index is 1150. The molecule has 0 unspecified atom stereocenters. The van der Waals surface area contributed by atoms with Crippen LogP contribution in [-0.4, -0.2) is 74.7 Å².